The summed E-state index contributed by atoms with van der Waals surface area (Å²) in [6.45, 7) is 0.338. The lowest BCUT2D eigenvalue weighted by atomic mass is 10.0. The summed E-state index contributed by atoms with van der Waals surface area (Å²) in [5.41, 5.74) is -0.0758. The quantitative estimate of drug-likeness (QED) is 0.697. The molecule has 1 unspecified atom stereocenters. The lowest BCUT2D eigenvalue weighted by Gasteiger charge is -2.33. The first-order valence-electron chi connectivity index (χ1n) is 6.06. The number of benzene rings is 1. The fourth-order valence-corrected chi connectivity index (χ4v) is 2.28. The van der Waals surface area contributed by atoms with E-state index < -0.39 is 17.9 Å². The highest BCUT2D eigenvalue weighted by Crippen LogP contribution is 2.26. The number of rotatable bonds is 2. The molecule has 3 N–H and O–H groups in total. The minimum Gasteiger partial charge on any atom is -0.508 e. The third-order valence-corrected chi connectivity index (χ3v) is 3.26. The fraction of sp³-hybridized carbons (Fsp3) is 0.385. The van der Waals surface area contributed by atoms with Crippen LogP contribution in [0.3, 0.4) is 0 Å². The Hall–Kier alpha value is -2.24. The molecule has 2 rings (SSSR count). The van der Waals surface area contributed by atoms with Gasteiger partial charge in [-0.25, -0.2) is 4.79 Å². The number of amides is 1. The molecule has 0 bridgehead atoms. The van der Waals surface area contributed by atoms with E-state index in [1.165, 1.54) is 17.0 Å². The maximum Gasteiger partial charge on any atom is 0.326 e. The van der Waals surface area contributed by atoms with Gasteiger partial charge in [0.2, 0.25) is 0 Å². The molecule has 1 aliphatic heterocycles. The van der Waals surface area contributed by atoms with Crippen molar-refractivity contribution in [3.05, 3.63) is 23.8 Å². The Balaban J connectivity index is 2.31. The Morgan fingerprint density at radius 3 is 2.63 bits per heavy atom. The zero-order chi connectivity index (χ0) is 14.0. The summed E-state index contributed by atoms with van der Waals surface area (Å²) in [6, 6.07) is 2.74. The van der Waals surface area contributed by atoms with Gasteiger partial charge in [-0.15, -0.1) is 0 Å². The number of nitrogens with zero attached hydrogens (tertiary/aromatic N) is 1. The molecule has 6 nitrogen and oxygen atoms in total. The first-order valence-corrected chi connectivity index (χ1v) is 6.06. The summed E-state index contributed by atoms with van der Waals surface area (Å²) in [6.07, 6.45) is 1.89. The maximum absolute atomic E-state index is 12.3. The Kier molecular flexibility index (Phi) is 3.59. The van der Waals surface area contributed by atoms with Crippen LogP contribution < -0.4 is 0 Å². The van der Waals surface area contributed by atoms with Gasteiger partial charge in [0.25, 0.3) is 5.91 Å². The SMILES string of the molecule is O=C(O)C1CCCCN1C(=O)c1cc(O)ccc1O. The smallest absolute Gasteiger partial charge is 0.326 e. The van der Waals surface area contributed by atoms with E-state index in [-0.39, 0.29) is 17.1 Å². The lowest BCUT2D eigenvalue weighted by molar-refractivity contribution is -0.143. The number of phenolic OH excluding ortho intramolecular Hbond substituents is 2. The predicted molar refractivity (Wildman–Crippen MR) is 66.1 cm³/mol. The molecule has 1 atom stereocenters. The number of likely N-dealkylation sites (tertiary alicyclic amines) is 1. The number of piperidine rings is 1. The summed E-state index contributed by atoms with van der Waals surface area (Å²) >= 11 is 0. The summed E-state index contributed by atoms with van der Waals surface area (Å²) in [5.74, 6) is -2.03. The van der Waals surface area contributed by atoms with Gasteiger partial charge in [-0.05, 0) is 37.5 Å². The molecule has 1 heterocycles. The van der Waals surface area contributed by atoms with Crippen molar-refractivity contribution in [1.29, 1.82) is 0 Å². The van der Waals surface area contributed by atoms with Crippen LogP contribution in [0, 0.1) is 0 Å². The zero-order valence-electron chi connectivity index (χ0n) is 10.2. The van der Waals surface area contributed by atoms with E-state index in [2.05, 4.69) is 0 Å². The first kappa shape index (κ1) is 13.2. The second kappa shape index (κ2) is 5.17. The minimum atomic E-state index is -1.05. The van der Waals surface area contributed by atoms with Gasteiger partial charge < -0.3 is 20.2 Å². The van der Waals surface area contributed by atoms with E-state index >= 15 is 0 Å². The summed E-state index contributed by atoms with van der Waals surface area (Å²) in [7, 11) is 0. The highest BCUT2D eigenvalue weighted by molar-refractivity contribution is 5.99. The van der Waals surface area contributed by atoms with Crippen LogP contribution >= 0.6 is 0 Å². The molecule has 0 saturated carbocycles. The Morgan fingerprint density at radius 1 is 1.21 bits per heavy atom. The van der Waals surface area contributed by atoms with E-state index in [1.807, 2.05) is 0 Å². The topological polar surface area (TPSA) is 98.1 Å². The van der Waals surface area contributed by atoms with Crippen molar-refractivity contribution >= 4 is 11.9 Å². The molecular weight excluding hydrogens is 250 g/mol. The minimum absolute atomic E-state index is 0.0758. The second-order valence-corrected chi connectivity index (χ2v) is 4.55. The number of carbonyl (C=O) groups is 2. The van der Waals surface area contributed by atoms with Crippen molar-refractivity contribution in [2.75, 3.05) is 6.54 Å². The normalized spacial score (nSPS) is 19.2. The average molecular weight is 265 g/mol. The van der Waals surface area contributed by atoms with E-state index in [0.717, 1.165) is 18.9 Å². The van der Waals surface area contributed by atoms with Crippen LogP contribution in [0.2, 0.25) is 0 Å². The van der Waals surface area contributed by atoms with Crippen molar-refractivity contribution in [3.8, 4) is 11.5 Å². The van der Waals surface area contributed by atoms with Gasteiger partial charge in [-0.2, -0.15) is 0 Å². The highest BCUT2D eigenvalue weighted by Gasteiger charge is 2.33. The molecule has 0 spiro atoms. The van der Waals surface area contributed by atoms with Crippen molar-refractivity contribution in [3.63, 3.8) is 0 Å². The van der Waals surface area contributed by atoms with Gasteiger partial charge in [-0.1, -0.05) is 0 Å². The lowest BCUT2D eigenvalue weighted by Crippen LogP contribution is -2.48. The molecule has 0 radical (unpaired) electrons. The molecule has 1 saturated heterocycles. The van der Waals surface area contributed by atoms with Gasteiger partial charge in [0.1, 0.15) is 17.5 Å². The molecule has 0 aliphatic carbocycles. The van der Waals surface area contributed by atoms with Gasteiger partial charge >= 0.3 is 5.97 Å². The number of hydrogen-bond donors (Lipinski definition) is 3. The number of aliphatic carboxylic acids is 1. The van der Waals surface area contributed by atoms with Crippen LogP contribution in [0.4, 0.5) is 0 Å². The van der Waals surface area contributed by atoms with Crippen molar-refractivity contribution in [2.24, 2.45) is 0 Å². The molecule has 1 aliphatic rings. The molecule has 1 fully saturated rings. The van der Waals surface area contributed by atoms with Crippen LogP contribution in [0.1, 0.15) is 29.6 Å². The van der Waals surface area contributed by atoms with Crippen molar-refractivity contribution < 1.29 is 24.9 Å². The summed E-state index contributed by atoms with van der Waals surface area (Å²) in [5, 5.41) is 28.1. The summed E-state index contributed by atoms with van der Waals surface area (Å²) in [4.78, 5) is 24.7. The van der Waals surface area contributed by atoms with Gasteiger partial charge in [0.15, 0.2) is 0 Å². The third kappa shape index (κ3) is 2.62. The van der Waals surface area contributed by atoms with E-state index in [9.17, 15) is 19.8 Å². The molecule has 1 amide bonds. The Bertz CT molecular complexity index is 514. The van der Waals surface area contributed by atoms with Crippen LogP contribution in [0.5, 0.6) is 11.5 Å². The standard InChI is InChI=1S/C13H15NO5/c15-8-4-5-11(16)9(7-8)12(17)14-6-2-1-3-10(14)13(18)19/h4-5,7,10,15-16H,1-3,6H2,(H,18,19). The molecule has 0 aromatic heterocycles. The molecule has 102 valence electrons. The Morgan fingerprint density at radius 2 is 1.95 bits per heavy atom. The number of phenols is 2. The monoisotopic (exact) mass is 265 g/mol. The first-order chi connectivity index (χ1) is 9.00. The van der Waals surface area contributed by atoms with E-state index in [4.69, 9.17) is 5.11 Å². The Labute approximate surface area is 109 Å². The average Bonchev–Trinajstić information content (AvgIpc) is 2.40. The zero-order valence-corrected chi connectivity index (χ0v) is 10.2. The number of aromatic hydroxyl groups is 2. The molecule has 19 heavy (non-hydrogen) atoms. The van der Waals surface area contributed by atoms with Crippen LogP contribution in [0.25, 0.3) is 0 Å². The highest BCUT2D eigenvalue weighted by atomic mass is 16.4. The van der Waals surface area contributed by atoms with E-state index in [0.29, 0.717) is 13.0 Å². The van der Waals surface area contributed by atoms with Gasteiger partial charge in [-0.3, -0.25) is 4.79 Å². The van der Waals surface area contributed by atoms with Crippen LogP contribution in [0.15, 0.2) is 18.2 Å². The number of carbonyl (C=O) groups excluding carboxylic acids is 1. The molecule has 1 aromatic rings. The van der Waals surface area contributed by atoms with Crippen molar-refractivity contribution in [1.82, 2.24) is 4.90 Å². The van der Waals surface area contributed by atoms with Crippen molar-refractivity contribution in [2.45, 2.75) is 25.3 Å². The molecule has 6 heteroatoms. The number of carboxylic acid groups (broad SMARTS) is 1. The van der Waals surface area contributed by atoms with Crippen LogP contribution in [-0.2, 0) is 4.79 Å². The van der Waals surface area contributed by atoms with Gasteiger partial charge in [0.05, 0.1) is 5.56 Å². The molecule has 1 aromatic carbocycles. The number of carboxylic acids is 1. The number of hydrogen-bond acceptors (Lipinski definition) is 4. The largest absolute Gasteiger partial charge is 0.508 e. The van der Waals surface area contributed by atoms with E-state index in [1.54, 1.807) is 0 Å². The maximum atomic E-state index is 12.3. The predicted octanol–water partition coefficient (Wildman–Crippen LogP) is 1.18. The second-order valence-electron chi connectivity index (χ2n) is 4.55. The summed E-state index contributed by atoms with van der Waals surface area (Å²) < 4.78 is 0. The third-order valence-electron chi connectivity index (χ3n) is 3.26. The van der Waals surface area contributed by atoms with Crippen LogP contribution in [-0.4, -0.2) is 44.7 Å². The molecular formula is C13H15NO5. The fourth-order valence-electron chi connectivity index (χ4n) is 2.28. The van der Waals surface area contributed by atoms with Gasteiger partial charge in [0, 0.05) is 6.54 Å².